The highest BCUT2D eigenvalue weighted by atomic mass is 32.2. The van der Waals surface area contributed by atoms with Crippen molar-refractivity contribution in [3.63, 3.8) is 0 Å². The summed E-state index contributed by atoms with van der Waals surface area (Å²) in [4.78, 5) is 13.2. The number of halogens is 1. The molecular weight excluding hydrogens is 353 g/mol. The summed E-state index contributed by atoms with van der Waals surface area (Å²) < 4.78 is 20.0. The van der Waals surface area contributed by atoms with Gasteiger partial charge in [0, 0.05) is 30.9 Å². The fraction of sp³-hybridized carbons (Fsp3) is 0.368. The Balaban J connectivity index is 2.11. The molecule has 1 heterocycles. The third-order valence-electron chi connectivity index (χ3n) is 4.11. The lowest BCUT2D eigenvalue weighted by molar-refractivity contribution is -0.113. The molecule has 0 saturated heterocycles. The quantitative estimate of drug-likeness (QED) is 0.562. The van der Waals surface area contributed by atoms with E-state index in [0.717, 1.165) is 22.6 Å². The largest absolute Gasteiger partial charge is 0.385 e. The van der Waals surface area contributed by atoms with Gasteiger partial charge in [-0.25, -0.2) is 4.39 Å². The van der Waals surface area contributed by atoms with Crippen LogP contribution in [0, 0.1) is 31.0 Å². The van der Waals surface area contributed by atoms with Crippen LogP contribution in [0.4, 0.5) is 10.2 Å². The molecule has 1 aromatic heterocycles. The average molecular weight is 375 g/mol. The van der Waals surface area contributed by atoms with Gasteiger partial charge in [0.1, 0.15) is 17.7 Å². The number of aromatic nitrogens is 1. The van der Waals surface area contributed by atoms with Crippen LogP contribution >= 0.6 is 11.8 Å². The summed E-state index contributed by atoms with van der Waals surface area (Å²) in [6.45, 7) is 5.07. The van der Waals surface area contributed by atoms with Crippen LogP contribution in [0.25, 0.3) is 0 Å². The lowest BCUT2D eigenvalue weighted by Gasteiger charge is -2.13. The number of methoxy groups -OCH3 is 1. The molecule has 2 aromatic rings. The lowest BCUT2D eigenvalue weighted by atomic mass is 10.2. The van der Waals surface area contributed by atoms with E-state index in [-0.39, 0.29) is 17.5 Å². The molecule has 138 valence electrons. The molecule has 0 aliphatic carbocycles. The van der Waals surface area contributed by atoms with Crippen molar-refractivity contribution in [1.29, 1.82) is 5.26 Å². The fourth-order valence-corrected chi connectivity index (χ4v) is 3.32. The minimum absolute atomic E-state index is 0.178. The molecule has 0 radical (unpaired) electrons. The van der Waals surface area contributed by atoms with E-state index >= 15 is 0 Å². The van der Waals surface area contributed by atoms with E-state index in [4.69, 9.17) is 4.74 Å². The Morgan fingerprint density at radius 3 is 2.65 bits per heavy atom. The highest BCUT2D eigenvalue weighted by Gasteiger charge is 2.19. The Kier molecular flexibility index (Phi) is 7.25. The van der Waals surface area contributed by atoms with Crippen molar-refractivity contribution >= 4 is 23.5 Å². The highest BCUT2D eigenvalue weighted by molar-refractivity contribution is 8.00. The zero-order chi connectivity index (χ0) is 19.1. The minimum atomic E-state index is -0.308. The van der Waals surface area contributed by atoms with E-state index < -0.39 is 0 Å². The van der Waals surface area contributed by atoms with Crippen molar-refractivity contribution in [2.45, 2.75) is 31.7 Å². The van der Waals surface area contributed by atoms with Gasteiger partial charge in [-0.1, -0.05) is 0 Å². The van der Waals surface area contributed by atoms with Crippen molar-refractivity contribution in [3.8, 4) is 6.07 Å². The maximum atomic E-state index is 12.9. The number of hydrogen-bond acceptors (Lipinski definition) is 4. The maximum Gasteiger partial charge on any atom is 0.235 e. The van der Waals surface area contributed by atoms with Crippen molar-refractivity contribution in [2.24, 2.45) is 0 Å². The molecule has 0 bridgehead atoms. The molecule has 1 aromatic carbocycles. The molecule has 0 aliphatic heterocycles. The molecule has 2 rings (SSSR count). The zero-order valence-corrected chi connectivity index (χ0v) is 16.0. The number of amides is 1. The van der Waals surface area contributed by atoms with Crippen LogP contribution < -0.4 is 5.32 Å². The van der Waals surface area contributed by atoms with Gasteiger partial charge in [-0.05, 0) is 50.1 Å². The standard InChI is InChI=1S/C19H22FN3O2S/c1-13-14(2)23(9-4-10-25-3)19(17(13)11-21)22-18(24)12-26-16-7-5-15(20)6-8-16/h5-8H,4,9-10,12H2,1-3H3,(H,22,24). The van der Waals surface area contributed by atoms with E-state index in [1.807, 2.05) is 18.4 Å². The van der Waals surface area contributed by atoms with Gasteiger partial charge in [-0.3, -0.25) is 4.79 Å². The number of nitrogens with one attached hydrogen (secondary N) is 1. The summed E-state index contributed by atoms with van der Waals surface area (Å²) in [7, 11) is 1.64. The smallest absolute Gasteiger partial charge is 0.235 e. The first-order chi connectivity index (χ1) is 12.5. The van der Waals surface area contributed by atoms with Crippen molar-refractivity contribution < 1.29 is 13.9 Å². The van der Waals surface area contributed by atoms with Gasteiger partial charge in [0.15, 0.2) is 0 Å². The zero-order valence-electron chi connectivity index (χ0n) is 15.1. The number of carbonyl (C=O) groups is 1. The Hall–Kier alpha value is -2.30. The highest BCUT2D eigenvalue weighted by Crippen LogP contribution is 2.27. The second-order valence-electron chi connectivity index (χ2n) is 5.83. The lowest BCUT2D eigenvalue weighted by Crippen LogP contribution is -2.18. The van der Waals surface area contributed by atoms with Crippen LogP contribution in [0.15, 0.2) is 29.2 Å². The number of hydrogen-bond donors (Lipinski definition) is 1. The third kappa shape index (κ3) is 4.87. The first-order valence-electron chi connectivity index (χ1n) is 8.24. The molecule has 0 aliphatic rings. The van der Waals surface area contributed by atoms with E-state index in [0.29, 0.717) is 24.5 Å². The predicted molar refractivity (Wildman–Crippen MR) is 101 cm³/mol. The molecule has 0 spiro atoms. The van der Waals surface area contributed by atoms with E-state index in [2.05, 4.69) is 11.4 Å². The normalized spacial score (nSPS) is 10.6. The Labute approximate surface area is 157 Å². The summed E-state index contributed by atoms with van der Waals surface area (Å²) in [6.07, 6.45) is 0.781. The first kappa shape index (κ1) is 20.0. The summed E-state index contributed by atoms with van der Waals surface area (Å²) >= 11 is 1.32. The summed E-state index contributed by atoms with van der Waals surface area (Å²) in [5.41, 5.74) is 2.31. The minimum Gasteiger partial charge on any atom is -0.385 e. The number of thioether (sulfide) groups is 1. The third-order valence-corrected chi connectivity index (χ3v) is 5.12. The second kappa shape index (κ2) is 9.41. The Morgan fingerprint density at radius 1 is 1.35 bits per heavy atom. The molecule has 26 heavy (non-hydrogen) atoms. The molecule has 0 saturated carbocycles. The van der Waals surface area contributed by atoms with Crippen LogP contribution in [0.5, 0.6) is 0 Å². The SMILES string of the molecule is COCCCn1c(C)c(C)c(C#N)c1NC(=O)CSc1ccc(F)cc1. The monoisotopic (exact) mass is 375 g/mol. The van der Waals surface area contributed by atoms with E-state index in [1.54, 1.807) is 19.2 Å². The number of nitriles is 1. The van der Waals surface area contributed by atoms with Crippen LogP contribution in [0.1, 0.15) is 23.2 Å². The summed E-state index contributed by atoms with van der Waals surface area (Å²) in [5.74, 6) is 0.194. The topological polar surface area (TPSA) is 67.1 Å². The van der Waals surface area contributed by atoms with Gasteiger partial charge in [0.2, 0.25) is 5.91 Å². The van der Waals surface area contributed by atoms with Gasteiger partial charge in [-0.2, -0.15) is 5.26 Å². The number of rotatable bonds is 8. The van der Waals surface area contributed by atoms with Gasteiger partial charge in [0.25, 0.3) is 0 Å². The number of carbonyl (C=O) groups excluding carboxylic acids is 1. The van der Waals surface area contributed by atoms with Crippen molar-refractivity contribution in [3.05, 3.63) is 46.9 Å². The number of benzene rings is 1. The molecule has 5 nitrogen and oxygen atoms in total. The molecule has 1 amide bonds. The van der Waals surface area contributed by atoms with Gasteiger partial charge in [0.05, 0.1) is 11.3 Å². The van der Waals surface area contributed by atoms with Crippen LogP contribution in [0.2, 0.25) is 0 Å². The van der Waals surface area contributed by atoms with Crippen molar-refractivity contribution in [2.75, 3.05) is 24.8 Å². The molecular formula is C19H22FN3O2S. The van der Waals surface area contributed by atoms with Crippen LogP contribution in [-0.2, 0) is 16.1 Å². The van der Waals surface area contributed by atoms with Crippen molar-refractivity contribution in [1.82, 2.24) is 4.57 Å². The predicted octanol–water partition coefficient (Wildman–Crippen LogP) is 3.88. The summed E-state index contributed by atoms with van der Waals surface area (Å²) in [6, 6.07) is 8.18. The Bertz CT molecular complexity index is 810. The number of ether oxygens (including phenoxy) is 1. The van der Waals surface area contributed by atoms with E-state index in [1.165, 1.54) is 23.9 Å². The molecule has 1 N–H and O–H groups in total. The second-order valence-corrected chi connectivity index (χ2v) is 6.88. The summed E-state index contributed by atoms with van der Waals surface area (Å²) in [5, 5.41) is 12.3. The first-order valence-corrected chi connectivity index (χ1v) is 9.23. The fourth-order valence-electron chi connectivity index (χ4n) is 2.62. The molecule has 0 atom stereocenters. The number of anilines is 1. The Morgan fingerprint density at radius 2 is 2.04 bits per heavy atom. The van der Waals surface area contributed by atoms with Crippen LogP contribution in [0.3, 0.4) is 0 Å². The van der Waals surface area contributed by atoms with Gasteiger partial charge < -0.3 is 14.6 Å². The maximum absolute atomic E-state index is 12.9. The molecule has 7 heteroatoms. The van der Waals surface area contributed by atoms with E-state index in [9.17, 15) is 14.4 Å². The average Bonchev–Trinajstić information content (AvgIpc) is 2.85. The van der Waals surface area contributed by atoms with Gasteiger partial charge >= 0.3 is 0 Å². The molecule has 0 fully saturated rings. The number of nitrogens with zero attached hydrogens (tertiary/aromatic N) is 2. The van der Waals surface area contributed by atoms with Crippen LogP contribution in [-0.4, -0.2) is 29.9 Å². The molecule has 0 unspecified atom stereocenters. The van der Waals surface area contributed by atoms with Gasteiger partial charge in [-0.15, -0.1) is 11.8 Å².